The fourth-order valence-corrected chi connectivity index (χ4v) is 1.79. The Labute approximate surface area is 124 Å². The van der Waals surface area contributed by atoms with E-state index in [4.69, 9.17) is 5.21 Å². The van der Waals surface area contributed by atoms with Crippen molar-refractivity contribution in [1.29, 1.82) is 0 Å². The Morgan fingerprint density at radius 1 is 1.25 bits per heavy atom. The Bertz CT molecular complexity index is 636. The Kier molecular flexibility index (Phi) is 4.47. The number of hydrogen-bond acceptors (Lipinski definition) is 4. The lowest BCUT2D eigenvalue weighted by Gasteiger charge is -2.06. The van der Waals surface area contributed by atoms with E-state index in [9.17, 15) is 4.79 Å². The topological polar surface area (TPSA) is 74.6 Å². The molecule has 1 aromatic heterocycles. The predicted molar refractivity (Wildman–Crippen MR) is 80.3 cm³/mol. The van der Waals surface area contributed by atoms with Crippen LogP contribution in [0.5, 0.6) is 0 Å². The van der Waals surface area contributed by atoms with E-state index in [2.05, 4.69) is 31.4 Å². The van der Waals surface area contributed by atoms with Gasteiger partial charge in [-0.15, -0.1) is 0 Å². The van der Waals surface area contributed by atoms with Crippen molar-refractivity contribution in [3.63, 3.8) is 0 Å². The number of nitrogens with one attached hydrogen (secondary N) is 1. The van der Waals surface area contributed by atoms with Crippen molar-refractivity contribution in [2.75, 3.05) is 5.32 Å². The largest absolute Gasteiger partial charge is 0.411 e. The van der Waals surface area contributed by atoms with Crippen LogP contribution in [0.4, 0.5) is 5.69 Å². The van der Waals surface area contributed by atoms with Gasteiger partial charge in [0.25, 0.3) is 5.91 Å². The zero-order valence-corrected chi connectivity index (χ0v) is 12.3. The summed E-state index contributed by atoms with van der Waals surface area (Å²) in [5, 5.41) is 14.5. The summed E-state index contributed by atoms with van der Waals surface area (Å²) in [6.07, 6.45) is 1.57. The Balaban J connectivity index is 2.10. The smallest absolute Gasteiger partial charge is 0.274 e. The normalized spacial score (nSPS) is 11.2. The monoisotopic (exact) mass is 333 g/mol. The lowest BCUT2D eigenvalue weighted by atomic mass is 10.1. The number of halogens is 1. The maximum atomic E-state index is 11.9. The van der Waals surface area contributed by atoms with Crippen LogP contribution in [0.25, 0.3) is 0 Å². The molecule has 2 N–H and O–H groups in total. The SMILES string of the molecule is CC(=NO)c1ccc(NC(=O)c2ccc(Br)cn2)cc1. The van der Waals surface area contributed by atoms with Gasteiger partial charge in [-0.3, -0.25) is 4.79 Å². The second kappa shape index (κ2) is 6.29. The minimum Gasteiger partial charge on any atom is -0.411 e. The molecule has 0 aliphatic heterocycles. The number of nitrogens with zero attached hydrogens (tertiary/aromatic N) is 2. The van der Waals surface area contributed by atoms with Crippen LogP contribution in [-0.2, 0) is 0 Å². The number of oxime groups is 1. The van der Waals surface area contributed by atoms with Gasteiger partial charge in [-0.2, -0.15) is 0 Å². The summed E-state index contributed by atoms with van der Waals surface area (Å²) in [7, 11) is 0. The third-order valence-corrected chi connectivity index (χ3v) is 3.14. The third kappa shape index (κ3) is 3.42. The minimum atomic E-state index is -0.280. The molecule has 0 unspecified atom stereocenters. The lowest BCUT2D eigenvalue weighted by Crippen LogP contribution is -2.13. The maximum Gasteiger partial charge on any atom is 0.274 e. The van der Waals surface area contributed by atoms with E-state index in [0.29, 0.717) is 17.1 Å². The van der Waals surface area contributed by atoms with E-state index >= 15 is 0 Å². The molecule has 2 rings (SSSR count). The fourth-order valence-electron chi connectivity index (χ4n) is 1.56. The molecule has 2 aromatic rings. The first-order valence-electron chi connectivity index (χ1n) is 5.82. The first kappa shape index (κ1) is 14.2. The summed E-state index contributed by atoms with van der Waals surface area (Å²) in [6, 6.07) is 10.4. The number of aromatic nitrogens is 1. The van der Waals surface area contributed by atoms with E-state index in [1.807, 2.05) is 0 Å². The quantitative estimate of drug-likeness (QED) is 0.514. The molecule has 6 heteroatoms. The van der Waals surface area contributed by atoms with E-state index in [0.717, 1.165) is 10.0 Å². The van der Waals surface area contributed by atoms with Gasteiger partial charge in [-0.05, 0) is 52.7 Å². The zero-order chi connectivity index (χ0) is 14.5. The van der Waals surface area contributed by atoms with Crippen molar-refractivity contribution < 1.29 is 10.0 Å². The van der Waals surface area contributed by atoms with Crippen molar-refractivity contribution in [1.82, 2.24) is 4.98 Å². The standard InChI is InChI=1S/C14H12BrN3O2/c1-9(18-20)10-2-5-12(6-3-10)17-14(19)13-7-4-11(15)8-16-13/h2-8,20H,1H3,(H,17,19). The third-order valence-electron chi connectivity index (χ3n) is 2.67. The average Bonchev–Trinajstić information content (AvgIpc) is 2.48. The van der Waals surface area contributed by atoms with Gasteiger partial charge in [0.1, 0.15) is 5.69 Å². The molecule has 1 amide bonds. The second-order valence-electron chi connectivity index (χ2n) is 4.08. The number of carbonyl (C=O) groups excluding carboxylic acids is 1. The van der Waals surface area contributed by atoms with Gasteiger partial charge in [-0.25, -0.2) is 4.98 Å². The number of pyridine rings is 1. The number of carbonyl (C=O) groups is 1. The van der Waals surface area contributed by atoms with Crippen molar-refractivity contribution in [2.45, 2.75) is 6.92 Å². The van der Waals surface area contributed by atoms with Gasteiger partial charge in [0.15, 0.2) is 0 Å². The highest BCUT2D eigenvalue weighted by molar-refractivity contribution is 9.10. The highest BCUT2D eigenvalue weighted by Crippen LogP contribution is 2.13. The van der Waals surface area contributed by atoms with Crippen LogP contribution in [0, 0.1) is 0 Å². The number of amides is 1. The number of benzene rings is 1. The number of hydrogen-bond donors (Lipinski definition) is 2. The molecule has 20 heavy (non-hydrogen) atoms. The van der Waals surface area contributed by atoms with E-state index < -0.39 is 0 Å². The van der Waals surface area contributed by atoms with Crippen molar-refractivity contribution in [2.24, 2.45) is 5.16 Å². The average molecular weight is 334 g/mol. The van der Waals surface area contributed by atoms with Gasteiger partial charge < -0.3 is 10.5 Å². The molecule has 102 valence electrons. The molecule has 0 radical (unpaired) electrons. The van der Waals surface area contributed by atoms with Gasteiger partial charge in [0, 0.05) is 16.4 Å². The number of anilines is 1. The first-order chi connectivity index (χ1) is 9.60. The van der Waals surface area contributed by atoms with Crippen molar-refractivity contribution in [3.05, 3.63) is 58.3 Å². The zero-order valence-electron chi connectivity index (χ0n) is 10.7. The summed E-state index contributed by atoms with van der Waals surface area (Å²) >= 11 is 3.26. The first-order valence-corrected chi connectivity index (χ1v) is 6.61. The number of rotatable bonds is 3. The molecule has 0 aliphatic rings. The second-order valence-corrected chi connectivity index (χ2v) is 4.99. The Hall–Kier alpha value is -2.21. The van der Waals surface area contributed by atoms with E-state index in [1.54, 1.807) is 49.5 Å². The van der Waals surface area contributed by atoms with Crippen LogP contribution in [0.15, 0.2) is 52.2 Å². The van der Waals surface area contributed by atoms with E-state index in [-0.39, 0.29) is 5.91 Å². The Morgan fingerprint density at radius 2 is 1.95 bits per heavy atom. The van der Waals surface area contributed by atoms with Crippen molar-refractivity contribution in [3.8, 4) is 0 Å². The molecular formula is C14H12BrN3O2. The Morgan fingerprint density at radius 3 is 2.50 bits per heavy atom. The predicted octanol–water partition coefficient (Wildman–Crippen LogP) is 3.29. The van der Waals surface area contributed by atoms with Gasteiger partial charge in [0.2, 0.25) is 0 Å². The highest BCUT2D eigenvalue weighted by Gasteiger charge is 2.07. The molecule has 1 aromatic carbocycles. The minimum absolute atomic E-state index is 0.280. The molecule has 0 atom stereocenters. The molecule has 5 nitrogen and oxygen atoms in total. The summed E-state index contributed by atoms with van der Waals surface area (Å²) in [5.74, 6) is -0.280. The molecule has 0 spiro atoms. The lowest BCUT2D eigenvalue weighted by molar-refractivity contribution is 0.102. The maximum absolute atomic E-state index is 11.9. The van der Waals surface area contributed by atoms with Crippen LogP contribution >= 0.6 is 15.9 Å². The van der Waals surface area contributed by atoms with Crippen LogP contribution in [-0.4, -0.2) is 21.8 Å². The van der Waals surface area contributed by atoms with Gasteiger partial charge >= 0.3 is 0 Å². The van der Waals surface area contributed by atoms with Gasteiger partial charge in [0.05, 0.1) is 5.71 Å². The molecule has 0 aliphatic carbocycles. The van der Waals surface area contributed by atoms with Crippen LogP contribution < -0.4 is 5.32 Å². The molecule has 1 heterocycles. The van der Waals surface area contributed by atoms with Crippen LogP contribution in [0.3, 0.4) is 0 Å². The highest BCUT2D eigenvalue weighted by atomic mass is 79.9. The van der Waals surface area contributed by atoms with E-state index in [1.165, 1.54) is 0 Å². The molecule has 0 saturated heterocycles. The fraction of sp³-hybridized carbons (Fsp3) is 0.0714. The summed E-state index contributed by atoms with van der Waals surface area (Å²) < 4.78 is 0.817. The molecule has 0 bridgehead atoms. The summed E-state index contributed by atoms with van der Waals surface area (Å²) in [4.78, 5) is 16.0. The van der Waals surface area contributed by atoms with Gasteiger partial charge in [-0.1, -0.05) is 17.3 Å². The molecular weight excluding hydrogens is 322 g/mol. The summed E-state index contributed by atoms with van der Waals surface area (Å²) in [5.41, 5.74) is 2.28. The van der Waals surface area contributed by atoms with Crippen LogP contribution in [0.1, 0.15) is 23.0 Å². The molecule has 0 fully saturated rings. The molecule has 0 saturated carbocycles. The summed E-state index contributed by atoms with van der Waals surface area (Å²) in [6.45, 7) is 1.69. The van der Waals surface area contributed by atoms with Crippen LogP contribution in [0.2, 0.25) is 0 Å². The van der Waals surface area contributed by atoms with Crippen molar-refractivity contribution >= 4 is 33.2 Å².